The Balaban J connectivity index is 2.84. The lowest BCUT2D eigenvalue weighted by atomic mass is 10.2. The number of carboxylic acids is 1. The Morgan fingerprint density at radius 2 is 2.29 bits per heavy atom. The number of nitrogens with zero attached hydrogens (tertiary/aromatic N) is 1. The second kappa shape index (κ2) is 4.22. The molecular weight excluding hydrogens is 186 g/mol. The molecule has 0 spiro atoms. The van der Waals surface area contributed by atoms with E-state index in [1.165, 1.54) is 12.3 Å². The van der Waals surface area contributed by atoms with E-state index < -0.39 is 11.9 Å². The van der Waals surface area contributed by atoms with Gasteiger partial charge >= 0.3 is 5.97 Å². The first-order valence-electron chi connectivity index (χ1n) is 3.81. The summed E-state index contributed by atoms with van der Waals surface area (Å²) in [6, 6.07) is 3.02. The summed E-state index contributed by atoms with van der Waals surface area (Å²) in [4.78, 5) is 24.9. The van der Waals surface area contributed by atoms with Gasteiger partial charge in [0.2, 0.25) is 0 Å². The van der Waals surface area contributed by atoms with E-state index >= 15 is 0 Å². The van der Waals surface area contributed by atoms with E-state index in [2.05, 4.69) is 10.3 Å². The molecular formula is C8H9N3O3. The average molecular weight is 195 g/mol. The maximum atomic E-state index is 10.9. The molecule has 0 saturated carbocycles. The number of amides is 1. The Morgan fingerprint density at radius 1 is 1.57 bits per heavy atom. The monoisotopic (exact) mass is 195 g/mol. The third kappa shape index (κ3) is 2.44. The number of carboxylic acid groups (broad SMARTS) is 1. The van der Waals surface area contributed by atoms with Gasteiger partial charge in [0, 0.05) is 6.20 Å². The molecule has 0 aliphatic rings. The first-order chi connectivity index (χ1) is 6.61. The molecule has 0 unspecified atom stereocenters. The number of carbonyl (C=O) groups is 2. The fourth-order valence-corrected chi connectivity index (χ4v) is 0.904. The highest BCUT2D eigenvalue weighted by Gasteiger charge is 2.08. The summed E-state index contributed by atoms with van der Waals surface area (Å²) in [5.74, 6) is -1.50. The van der Waals surface area contributed by atoms with Crippen molar-refractivity contribution in [3.63, 3.8) is 0 Å². The Labute approximate surface area is 79.8 Å². The number of carbonyl (C=O) groups excluding carboxylic acids is 1. The molecule has 1 heterocycles. The van der Waals surface area contributed by atoms with Crippen molar-refractivity contribution >= 4 is 17.7 Å². The van der Waals surface area contributed by atoms with Crippen LogP contribution in [0.15, 0.2) is 18.3 Å². The molecule has 0 fully saturated rings. The lowest BCUT2D eigenvalue weighted by Gasteiger charge is -2.05. The number of aromatic nitrogens is 1. The van der Waals surface area contributed by atoms with Crippen LogP contribution >= 0.6 is 0 Å². The highest BCUT2D eigenvalue weighted by molar-refractivity contribution is 5.97. The fraction of sp³-hybridized carbons (Fsp3) is 0.125. The van der Waals surface area contributed by atoms with Crippen LogP contribution in [-0.2, 0) is 4.79 Å². The van der Waals surface area contributed by atoms with Gasteiger partial charge in [0.1, 0.15) is 12.4 Å². The summed E-state index contributed by atoms with van der Waals surface area (Å²) in [5.41, 5.74) is 5.23. The predicted molar refractivity (Wildman–Crippen MR) is 48.9 cm³/mol. The van der Waals surface area contributed by atoms with Crippen molar-refractivity contribution in [2.24, 2.45) is 5.73 Å². The maximum absolute atomic E-state index is 10.9. The molecule has 0 saturated heterocycles. The molecule has 0 radical (unpaired) electrons. The lowest BCUT2D eigenvalue weighted by Crippen LogP contribution is -2.18. The molecule has 14 heavy (non-hydrogen) atoms. The molecule has 1 rings (SSSR count). The minimum atomic E-state index is -1.04. The number of nitrogens with one attached hydrogen (secondary N) is 1. The van der Waals surface area contributed by atoms with Gasteiger partial charge in [0.15, 0.2) is 0 Å². The number of pyridine rings is 1. The largest absolute Gasteiger partial charge is 0.480 e. The number of nitrogens with two attached hydrogens (primary N) is 1. The molecule has 1 amide bonds. The summed E-state index contributed by atoms with van der Waals surface area (Å²) >= 11 is 0. The van der Waals surface area contributed by atoms with Crippen molar-refractivity contribution in [2.75, 3.05) is 11.9 Å². The highest BCUT2D eigenvalue weighted by atomic mass is 16.4. The van der Waals surface area contributed by atoms with Crippen LogP contribution in [0.5, 0.6) is 0 Å². The van der Waals surface area contributed by atoms with E-state index in [1.54, 1.807) is 6.07 Å². The zero-order chi connectivity index (χ0) is 10.6. The van der Waals surface area contributed by atoms with E-state index in [1.807, 2.05) is 0 Å². The van der Waals surface area contributed by atoms with Crippen LogP contribution in [0.3, 0.4) is 0 Å². The van der Waals surface area contributed by atoms with Crippen LogP contribution in [0.25, 0.3) is 0 Å². The van der Waals surface area contributed by atoms with Gasteiger partial charge in [-0.15, -0.1) is 0 Å². The summed E-state index contributed by atoms with van der Waals surface area (Å²) in [6.07, 6.45) is 1.44. The highest BCUT2D eigenvalue weighted by Crippen LogP contribution is 2.09. The van der Waals surface area contributed by atoms with Crippen molar-refractivity contribution in [3.05, 3.63) is 23.9 Å². The predicted octanol–water partition coefficient (Wildman–Crippen LogP) is -0.323. The molecule has 0 aliphatic carbocycles. The first-order valence-corrected chi connectivity index (χ1v) is 3.81. The van der Waals surface area contributed by atoms with Gasteiger partial charge in [-0.1, -0.05) is 0 Å². The van der Waals surface area contributed by atoms with Gasteiger partial charge in [-0.2, -0.15) is 0 Å². The second-order valence-electron chi connectivity index (χ2n) is 2.51. The summed E-state index contributed by atoms with van der Waals surface area (Å²) < 4.78 is 0. The van der Waals surface area contributed by atoms with Crippen LogP contribution in [0, 0.1) is 0 Å². The molecule has 0 aromatic carbocycles. The van der Waals surface area contributed by atoms with Crippen LogP contribution in [0.4, 0.5) is 5.82 Å². The summed E-state index contributed by atoms with van der Waals surface area (Å²) in [5, 5.41) is 10.9. The quantitative estimate of drug-likeness (QED) is 0.610. The first kappa shape index (κ1) is 9.97. The smallest absolute Gasteiger partial charge is 0.322 e. The van der Waals surface area contributed by atoms with Gasteiger partial charge in [-0.3, -0.25) is 9.59 Å². The Morgan fingerprint density at radius 3 is 2.86 bits per heavy atom. The Kier molecular flexibility index (Phi) is 3.01. The number of aliphatic carboxylic acids is 1. The molecule has 74 valence electrons. The molecule has 0 aliphatic heterocycles. The van der Waals surface area contributed by atoms with Crippen LogP contribution < -0.4 is 11.1 Å². The van der Waals surface area contributed by atoms with E-state index in [0.717, 1.165) is 0 Å². The van der Waals surface area contributed by atoms with Crippen molar-refractivity contribution in [1.82, 2.24) is 4.98 Å². The van der Waals surface area contributed by atoms with Crippen molar-refractivity contribution in [1.29, 1.82) is 0 Å². The number of hydrogen-bond donors (Lipinski definition) is 3. The number of primary amides is 1. The zero-order valence-electron chi connectivity index (χ0n) is 7.23. The van der Waals surface area contributed by atoms with Crippen LogP contribution in [-0.4, -0.2) is 28.5 Å². The normalized spacial score (nSPS) is 9.43. The Hall–Kier alpha value is -2.11. The third-order valence-corrected chi connectivity index (χ3v) is 1.48. The fourth-order valence-electron chi connectivity index (χ4n) is 0.904. The second-order valence-corrected chi connectivity index (χ2v) is 2.51. The van der Waals surface area contributed by atoms with Gasteiger partial charge in [0.05, 0.1) is 5.56 Å². The topological polar surface area (TPSA) is 105 Å². The van der Waals surface area contributed by atoms with Gasteiger partial charge in [-0.05, 0) is 12.1 Å². The molecule has 1 aromatic heterocycles. The lowest BCUT2D eigenvalue weighted by molar-refractivity contribution is -0.134. The molecule has 0 atom stereocenters. The molecule has 6 heteroatoms. The third-order valence-electron chi connectivity index (χ3n) is 1.48. The Bertz CT molecular complexity index is 365. The molecule has 6 nitrogen and oxygen atoms in total. The van der Waals surface area contributed by atoms with Crippen molar-refractivity contribution in [3.8, 4) is 0 Å². The molecule has 0 bridgehead atoms. The van der Waals surface area contributed by atoms with Crippen molar-refractivity contribution < 1.29 is 14.7 Å². The molecule has 4 N–H and O–H groups in total. The molecule has 1 aromatic rings. The van der Waals surface area contributed by atoms with Crippen LogP contribution in [0.1, 0.15) is 10.4 Å². The van der Waals surface area contributed by atoms with E-state index in [4.69, 9.17) is 10.8 Å². The average Bonchev–Trinajstić information content (AvgIpc) is 2.15. The number of hydrogen-bond acceptors (Lipinski definition) is 4. The summed E-state index contributed by atoms with van der Waals surface area (Å²) in [7, 11) is 0. The zero-order valence-corrected chi connectivity index (χ0v) is 7.23. The van der Waals surface area contributed by atoms with Gasteiger partial charge < -0.3 is 16.2 Å². The minimum absolute atomic E-state index is 0.175. The van der Waals surface area contributed by atoms with Gasteiger partial charge in [-0.25, -0.2) is 4.98 Å². The van der Waals surface area contributed by atoms with Gasteiger partial charge in [0.25, 0.3) is 5.91 Å². The van der Waals surface area contributed by atoms with Crippen molar-refractivity contribution in [2.45, 2.75) is 0 Å². The maximum Gasteiger partial charge on any atom is 0.322 e. The van der Waals surface area contributed by atoms with Crippen LogP contribution in [0.2, 0.25) is 0 Å². The number of rotatable bonds is 4. The van der Waals surface area contributed by atoms with E-state index in [0.29, 0.717) is 0 Å². The standard InChI is InChI=1S/C8H9N3O3/c9-7(14)5-2-1-3-10-8(5)11-4-6(12)13/h1-3H,4H2,(H2,9,14)(H,10,11)(H,12,13). The number of anilines is 1. The van der Waals surface area contributed by atoms with E-state index in [9.17, 15) is 9.59 Å². The van der Waals surface area contributed by atoms with E-state index in [-0.39, 0.29) is 17.9 Å². The SMILES string of the molecule is NC(=O)c1cccnc1NCC(=O)O. The summed E-state index contributed by atoms with van der Waals surface area (Å²) in [6.45, 7) is -0.308. The minimum Gasteiger partial charge on any atom is -0.480 e.